The van der Waals surface area contributed by atoms with E-state index in [1.165, 1.54) is 0 Å². The Labute approximate surface area is 159 Å². The van der Waals surface area contributed by atoms with E-state index in [1.807, 2.05) is 24.3 Å². The van der Waals surface area contributed by atoms with E-state index in [1.54, 1.807) is 31.4 Å². The third kappa shape index (κ3) is 4.99. The van der Waals surface area contributed by atoms with E-state index >= 15 is 0 Å². The van der Waals surface area contributed by atoms with Gasteiger partial charge >= 0.3 is 6.03 Å². The highest BCUT2D eigenvalue weighted by Gasteiger charge is 2.29. The number of carbonyl (C=O) groups excluding carboxylic acids is 1. The lowest BCUT2D eigenvalue weighted by molar-refractivity contribution is 0.251. The van der Waals surface area contributed by atoms with Crippen molar-refractivity contribution in [3.05, 3.63) is 59.7 Å². The first-order valence-electron chi connectivity index (χ1n) is 8.68. The number of urea groups is 1. The molecule has 0 aliphatic carbocycles. The van der Waals surface area contributed by atoms with Crippen LogP contribution in [-0.4, -0.2) is 40.4 Å². The number of sulfone groups is 1. The maximum atomic E-state index is 12.2. The Morgan fingerprint density at radius 2 is 1.85 bits per heavy atom. The van der Waals surface area contributed by atoms with E-state index in [2.05, 4.69) is 16.0 Å². The predicted octanol–water partition coefficient (Wildman–Crippen LogP) is 2.08. The smallest absolute Gasteiger partial charge is 0.319 e. The number of rotatable bonds is 5. The molecular formula is C19H23N3O4S. The quantitative estimate of drug-likeness (QED) is 0.728. The molecule has 144 valence electrons. The number of hydrogen-bond acceptors (Lipinski definition) is 5. The summed E-state index contributed by atoms with van der Waals surface area (Å²) in [6, 6.07) is 14.0. The first-order chi connectivity index (χ1) is 13.0. The number of benzene rings is 2. The maximum absolute atomic E-state index is 12.2. The minimum Gasteiger partial charge on any atom is -0.497 e. The van der Waals surface area contributed by atoms with Crippen molar-refractivity contribution in [2.24, 2.45) is 0 Å². The molecule has 1 atom stereocenters. The third-order valence-corrected chi connectivity index (χ3v) is 6.56. The first kappa shape index (κ1) is 19.2. The van der Waals surface area contributed by atoms with Gasteiger partial charge in [-0.1, -0.05) is 24.3 Å². The maximum Gasteiger partial charge on any atom is 0.319 e. The van der Waals surface area contributed by atoms with Gasteiger partial charge in [-0.25, -0.2) is 13.2 Å². The van der Waals surface area contributed by atoms with E-state index in [0.29, 0.717) is 25.3 Å². The van der Waals surface area contributed by atoms with Crippen molar-refractivity contribution in [3.63, 3.8) is 0 Å². The molecule has 7 nitrogen and oxygen atoms in total. The first-order valence-corrected chi connectivity index (χ1v) is 10.4. The zero-order valence-corrected chi connectivity index (χ0v) is 15.9. The van der Waals surface area contributed by atoms with Crippen molar-refractivity contribution in [2.45, 2.75) is 11.8 Å². The second-order valence-corrected chi connectivity index (χ2v) is 8.64. The average Bonchev–Trinajstić information content (AvgIpc) is 2.67. The topological polar surface area (TPSA) is 96.5 Å². The van der Waals surface area contributed by atoms with Gasteiger partial charge in [-0.2, -0.15) is 0 Å². The number of anilines is 1. The van der Waals surface area contributed by atoms with Gasteiger partial charge in [0.25, 0.3) is 0 Å². The zero-order valence-electron chi connectivity index (χ0n) is 15.1. The van der Waals surface area contributed by atoms with Crippen LogP contribution in [-0.2, 0) is 16.4 Å². The number of amides is 2. The summed E-state index contributed by atoms with van der Waals surface area (Å²) in [5.74, 6) is 0.907. The molecule has 0 radical (unpaired) electrons. The van der Waals surface area contributed by atoms with Crippen LogP contribution in [0.3, 0.4) is 0 Å². The summed E-state index contributed by atoms with van der Waals surface area (Å²) >= 11 is 0. The van der Waals surface area contributed by atoms with Gasteiger partial charge < -0.3 is 20.7 Å². The zero-order chi connectivity index (χ0) is 19.3. The minimum atomic E-state index is -3.13. The number of methoxy groups -OCH3 is 1. The lowest BCUT2D eigenvalue weighted by Gasteiger charge is -2.23. The lowest BCUT2D eigenvalue weighted by atomic mass is 10.1. The summed E-state index contributed by atoms with van der Waals surface area (Å²) in [6.07, 6.45) is 0. The number of nitrogens with one attached hydrogen (secondary N) is 3. The van der Waals surface area contributed by atoms with Gasteiger partial charge in [-0.15, -0.1) is 0 Å². The fourth-order valence-corrected chi connectivity index (χ4v) is 4.58. The molecule has 0 spiro atoms. The van der Waals surface area contributed by atoms with Crippen molar-refractivity contribution >= 4 is 21.6 Å². The standard InChI is InChI=1S/C19H23N3O4S/c1-26-17-8-2-14(3-9-17)12-21-19(23)22-16-6-4-15(5-7-16)18-13-20-10-11-27(18,24)25/h2-9,18,20H,10-13H2,1H3,(H2,21,22,23)/t18-/m1/s1. The molecule has 8 heteroatoms. The Hall–Kier alpha value is -2.58. The molecule has 1 heterocycles. The van der Waals surface area contributed by atoms with Crippen LogP contribution in [0.2, 0.25) is 0 Å². The summed E-state index contributed by atoms with van der Waals surface area (Å²) in [7, 11) is -1.52. The summed E-state index contributed by atoms with van der Waals surface area (Å²) in [6.45, 7) is 1.30. The van der Waals surface area contributed by atoms with Crippen LogP contribution in [0.1, 0.15) is 16.4 Å². The van der Waals surface area contributed by atoms with Gasteiger partial charge in [0.1, 0.15) is 5.75 Å². The van der Waals surface area contributed by atoms with E-state index in [-0.39, 0.29) is 11.8 Å². The molecular weight excluding hydrogens is 366 g/mol. The fraction of sp³-hybridized carbons (Fsp3) is 0.316. The highest BCUT2D eigenvalue weighted by atomic mass is 32.2. The molecule has 0 unspecified atom stereocenters. The third-order valence-electron chi connectivity index (χ3n) is 4.48. The number of carbonyl (C=O) groups is 1. The van der Waals surface area contributed by atoms with Crippen LogP contribution in [0, 0.1) is 0 Å². The lowest BCUT2D eigenvalue weighted by Crippen LogP contribution is -2.38. The van der Waals surface area contributed by atoms with Crippen LogP contribution in [0.25, 0.3) is 0 Å². The second-order valence-electron chi connectivity index (χ2n) is 6.34. The molecule has 27 heavy (non-hydrogen) atoms. The molecule has 0 bridgehead atoms. The van der Waals surface area contributed by atoms with Gasteiger partial charge in [0.15, 0.2) is 9.84 Å². The van der Waals surface area contributed by atoms with E-state index in [9.17, 15) is 13.2 Å². The van der Waals surface area contributed by atoms with Crippen LogP contribution in [0.15, 0.2) is 48.5 Å². The van der Waals surface area contributed by atoms with Crippen molar-refractivity contribution in [1.29, 1.82) is 0 Å². The molecule has 0 aromatic heterocycles. The van der Waals surface area contributed by atoms with Gasteiger partial charge in [-0.3, -0.25) is 0 Å². The number of hydrogen-bond donors (Lipinski definition) is 3. The molecule has 2 aromatic carbocycles. The highest BCUT2D eigenvalue weighted by molar-refractivity contribution is 7.91. The Morgan fingerprint density at radius 1 is 1.15 bits per heavy atom. The Balaban J connectivity index is 1.55. The molecule has 1 aliphatic heterocycles. The van der Waals surface area contributed by atoms with Gasteiger partial charge in [0.2, 0.25) is 0 Å². The Kier molecular flexibility index (Phi) is 5.98. The summed E-state index contributed by atoms with van der Waals surface area (Å²) < 4.78 is 29.5. The Bertz CT molecular complexity index is 880. The van der Waals surface area contributed by atoms with E-state index < -0.39 is 15.1 Å². The molecule has 1 fully saturated rings. The minimum absolute atomic E-state index is 0.144. The van der Waals surface area contributed by atoms with Crippen molar-refractivity contribution in [3.8, 4) is 5.75 Å². The number of ether oxygens (including phenoxy) is 1. The highest BCUT2D eigenvalue weighted by Crippen LogP contribution is 2.25. The van der Waals surface area contributed by atoms with Crippen LogP contribution >= 0.6 is 0 Å². The molecule has 3 N–H and O–H groups in total. The molecule has 3 rings (SSSR count). The predicted molar refractivity (Wildman–Crippen MR) is 105 cm³/mol. The molecule has 2 aromatic rings. The summed E-state index contributed by atoms with van der Waals surface area (Å²) in [4.78, 5) is 12.0. The SMILES string of the molecule is COc1ccc(CNC(=O)Nc2ccc([C@H]3CNCCS3(=O)=O)cc2)cc1. The van der Waals surface area contributed by atoms with Gasteiger partial charge in [0, 0.05) is 25.3 Å². The van der Waals surface area contributed by atoms with Gasteiger partial charge in [-0.05, 0) is 35.4 Å². The van der Waals surface area contributed by atoms with E-state index in [4.69, 9.17) is 4.74 Å². The van der Waals surface area contributed by atoms with Crippen molar-refractivity contribution < 1.29 is 17.9 Å². The molecule has 1 aliphatic rings. The fourth-order valence-electron chi connectivity index (χ4n) is 2.92. The molecule has 1 saturated heterocycles. The van der Waals surface area contributed by atoms with E-state index in [0.717, 1.165) is 16.9 Å². The monoisotopic (exact) mass is 389 g/mol. The largest absolute Gasteiger partial charge is 0.497 e. The normalized spacial score (nSPS) is 18.5. The average molecular weight is 389 g/mol. The van der Waals surface area contributed by atoms with Crippen LogP contribution < -0.4 is 20.7 Å². The van der Waals surface area contributed by atoms with Crippen molar-refractivity contribution in [2.75, 3.05) is 31.3 Å². The molecule has 2 amide bonds. The van der Waals surface area contributed by atoms with Crippen LogP contribution in [0.5, 0.6) is 5.75 Å². The van der Waals surface area contributed by atoms with Crippen LogP contribution in [0.4, 0.5) is 10.5 Å². The molecule has 0 saturated carbocycles. The Morgan fingerprint density at radius 3 is 2.48 bits per heavy atom. The summed E-state index contributed by atoms with van der Waals surface area (Å²) in [5.41, 5.74) is 2.29. The summed E-state index contributed by atoms with van der Waals surface area (Å²) in [5, 5.41) is 8.10. The van der Waals surface area contributed by atoms with Crippen molar-refractivity contribution in [1.82, 2.24) is 10.6 Å². The second kappa shape index (κ2) is 8.41. The van der Waals surface area contributed by atoms with Gasteiger partial charge in [0.05, 0.1) is 18.1 Å².